The van der Waals surface area contributed by atoms with Crippen molar-refractivity contribution >= 4 is 25.4 Å². The quantitative estimate of drug-likeness (QED) is 0.411. The van der Waals surface area contributed by atoms with Crippen LogP contribution in [0, 0.1) is 0 Å². The van der Waals surface area contributed by atoms with Crippen molar-refractivity contribution in [3.8, 4) is 0 Å². The van der Waals surface area contributed by atoms with Crippen LogP contribution in [0.1, 0.15) is 0 Å². The molecule has 1 aromatic carbocycles. The molecule has 0 radical (unpaired) electrons. The molecule has 0 aromatic heterocycles. The lowest BCUT2D eigenvalue weighted by atomic mass is 10.4. The molecule has 7 heavy (non-hydrogen) atoms. The summed E-state index contributed by atoms with van der Waals surface area (Å²) in [6, 6.07) is 10.5. The molecule has 0 fully saturated rings. The second kappa shape index (κ2) is 2.33. The predicted octanol–water partition coefficient (Wildman–Crippen LogP) is 0.213. The van der Waals surface area contributed by atoms with Crippen LogP contribution < -0.4 is 3.69 Å². The highest BCUT2D eigenvalue weighted by Gasteiger charge is 1.72. The lowest BCUT2D eigenvalue weighted by Crippen LogP contribution is -1.97. The molecule has 1 aromatic rings. The summed E-state index contributed by atoms with van der Waals surface area (Å²) in [5.74, 6) is 0. The molecule has 0 aliphatic carbocycles. The van der Waals surface area contributed by atoms with Gasteiger partial charge in [0.05, 0.1) is 0 Å². The van der Waals surface area contributed by atoms with Crippen LogP contribution in [-0.4, -0.2) is 21.7 Å². The molecule has 0 heterocycles. The Morgan fingerprint density at radius 2 is 1.57 bits per heavy atom. The second-order valence-electron chi connectivity index (χ2n) is 1.65. The number of hydrogen-bond donors (Lipinski definition) is 0. The van der Waals surface area contributed by atoms with Gasteiger partial charge in [0.25, 0.3) is 0 Å². The first kappa shape index (κ1) is 5.13. The number of hydrogen-bond acceptors (Lipinski definition) is 0. The average molecular weight is 102 g/mol. The molecular weight excluding hydrogens is 96.4 g/mol. The van der Waals surface area contributed by atoms with Crippen molar-refractivity contribution in [2.45, 2.75) is 0 Å². The Morgan fingerprint density at radius 3 is 1.86 bits per heavy atom. The summed E-state index contributed by atoms with van der Waals surface area (Å²) in [5, 5.41) is 0. The lowest BCUT2D eigenvalue weighted by molar-refractivity contribution is 1.78. The van der Waals surface area contributed by atoms with E-state index in [9.17, 15) is 0 Å². The molecule has 0 bridgehead atoms. The Morgan fingerprint density at radius 1 is 1.00 bits per heavy atom. The van der Waals surface area contributed by atoms with Gasteiger partial charge in [-0.05, 0) is 0 Å². The van der Waals surface area contributed by atoms with E-state index in [0.717, 1.165) is 0 Å². The lowest BCUT2D eigenvalue weighted by Gasteiger charge is -1.84. The highest BCUT2D eigenvalue weighted by molar-refractivity contribution is 6.32. The van der Waals surface area contributed by atoms with E-state index >= 15 is 0 Å². The summed E-state index contributed by atoms with van der Waals surface area (Å²) in [6.07, 6.45) is 0. The average Bonchev–Trinajstić information content (AvgIpc) is 1.69. The molecule has 0 unspecified atom stereocenters. The summed E-state index contributed by atoms with van der Waals surface area (Å²) in [5.41, 5.74) is 0. The van der Waals surface area contributed by atoms with E-state index in [4.69, 9.17) is 0 Å². The predicted molar refractivity (Wildman–Crippen MR) is 33.2 cm³/mol. The van der Waals surface area contributed by atoms with Gasteiger partial charge >= 0.3 is 21.7 Å². The minimum absolute atomic E-state index is 1.17. The van der Waals surface area contributed by atoms with Crippen molar-refractivity contribution in [1.29, 1.82) is 0 Å². The minimum atomic E-state index is 1.17. The van der Waals surface area contributed by atoms with E-state index in [1.807, 2.05) is 6.07 Å². The van der Waals surface area contributed by atoms with Crippen LogP contribution in [0.3, 0.4) is 0 Å². The van der Waals surface area contributed by atoms with Crippen molar-refractivity contribution in [1.82, 2.24) is 0 Å². The summed E-state index contributed by atoms with van der Waals surface area (Å²) >= 11 is 1.17. The summed E-state index contributed by atoms with van der Waals surface area (Å²) in [7, 11) is 0. The van der Waals surface area contributed by atoms with Crippen molar-refractivity contribution in [2.24, 2.45) is 0 Å². The van der Waals surface area contributed by atoms with Crippen LogP contribution in [0.2, 0.25) is 0 Å². The van der Waals surface area contributed by atoms with Crippen molar-refractivity contribution in [3.63, 3.8) is 0 Å². The highest BCUT2D eigenvalue weighted by Crippen LogP contribution is 1.76. The van der Waals surface area contributed by atoms with Crippen molar-refractivity contribution < 1.29 is 0 Å². The molecule has 0 nitrogen and oxygen atoms in total. The Balaban J connectivity index is 3.02. The first-order chi connectivity index (χ1) is 3.39. The van der Waals surface area contributed by atoms with E-state index in [1.54, 1.807) is 0 Å². The molecule has 0 aliphatic heterocycles. The molecule has 0 atom stereocenters. The van der Waals surface area contributed by atoms with E-state index in [-0.39, 0.29) is 0 Å². The second-order valence-corrected chi connectivity index (χ2v) is 2.81. The van der Waals surface area contributed by atoms with Crippen LogP contribution in [0.15, 0.2) is 30.3 Å². The molecule has 1 rings (SSSR count). The van der Waals surface area contributed by atoms with Gasteiger partial charge in [0.15, 0.2) is 0 Å². The van der Waals surface area contributed by atoms with Gasteiger partial charge in [0.2, 0.25) is 0 Å². The number of benzene rings is 1. The zero-order valence-electron chi connectivity index (χ0n) is 4.39. The summed E-state index contributed by atoms with van der Waals surface area (Å²) < 4.78 is 1.46. The van der Waals surface area contributed by atoms with E-state index < -0.39 is 0 Å². The van der Waals surface area contributed by atoms with Crippen LogP contribution in [0.25, 0.3) is 0 Å². The Labute approximate surface area is 56.0 Å². The van der Waals surface area contributed by atoms with E-state index in [1.165, 1.54) is 25.4 Å². The zero-order chi connectivity index (χ0) is 5.11. The van der Waals surface area contributed by atoms with E-state index in [0.29, 0.717) is 0 Å². The van der Waals surface area contributed by atoms with Gasteiger partial charge in [-0.1, -0.05) is 30.3 Å². The third kappa shape index (κ3) is 1.49. The Kier molecular flexibility index (Phi) is 1.71. The molecule has 0 saturated heterocycles. The van der Waals surface area contributed by atoms with Crippen molar-refractivity contribution in [2.75, 3.05) is 0 Å². The van der Waals surface area contributed by atoms with Crippen LogP contribution >= 0.6 is 0 Å². The smallest absolute Gasteiger partial charge is 0.180 e. The fraction of sp³-hybridized carbons (Fsp3) is 0. The Hall–Kier alpha value is -0.0138. The van der Waals surface area contributed by atoms with Gasteiger partial charge in [-0.3, -0.25) is 0 Å². The fourth-order valence-electron chi connectivity index (χ4n) is 0.534. The van der Waals surface area contributed by atoms with Gasteiger partial charge in [0.1, 0.15) is 0 Å². The third-order valence-electron chi connectivity index (χ3n) is 0.940. The Bertz CT molecular complexity index is 134. The molecular formula is C6H6Mg. The third-order valence-corrected chi connectivity index (χ3v) is 1.61. The normalized spacial score (nSPS) is 8.43. The molecule has 32 valence electrons. The first-order valence-corrected chi connectivity index (χ1v) is 3.41. The standard InChI is InChI=1S/C6H5.Mg.H/c1-2-4-6-5-3-1;;/h1-5H;;. The maximum Gasteiger partial charge on any atom is 0.384 e. The molecule has 0 amide bonds. The molecule has 0 saturated carbocycles. The van der Waals surface area contributed by atoms with Gasteiger partial charge < -0.3 is 0 Å². The summed E-state index contributed by atoms with van der Waals surface area (Å²) in [4.78, 5) is 0. The maximum atomic E-state index is 2.15. The fourth-order valence-corrected chi connectivity index (χ4v) is 0.919. The molecule has 0 N–H and O–H groups in total. The number of rotatable bonds is 0. The zero-order valence-corrected chi connectivity index (χ0v) is 6.39. The van der Waals surface area contributed by atoms with Gasteiger partial charge in [-0.25, -0.2) is 0 Å². The highest BCUT2D eigenvalue weighted by atomic mass is 24.4. The molecule has 0 spiro atoms. The largest absolute Gasteiger partial charge is 0.384 e. The van der Waals surface area contributed by atoms with Crippen LogP contribution in [0.4, 0.5) is 0 Å². The van der Waals surface area contributed by atoms with Gasteiger partial charge in [0, 0.05) is 0 Å². The monoisotopic (exact) mass is 102 g/mol. The van der Waals surface area contributed by atoms with Gasteiger partial charge in [-0.2, -0.15) is 3.69 Å². The van der Waals surface area contributed by atoms with E-state index in [2.05, 4.69) is 24.3 Å². The summed E-state index contributed by atoms with van der Waals surface area (Å²) in [6.45, 7) is 0. The van der Waals surface area contributed by atoms with Crippen LogP contribution in [0.5, 0.6) is 0 Å². The van der Waals surface area contributed by atoms with Crippen LogP contribution in [-0.2, 0) is 0 Å². The SMILES string of the molecule is [MgH][c]1ccccc1. The molecule has 0 aliphatic rings. The molecule has 1 heteroatoms. The van der Waals surface area contributed by atoms with Gasteiger partial charge in [-0.15, -0.1) is 0 Å². The minimum Gasteiger partial charge on any atom is -0.180 e. The maximum absolute atomic E-state index is 2.15. The topological polar surface area (TPSA) is 0 Å². The van der Waals surface area contributed by atoms with Crippen molar-refractivity contribution in [3.05, 3.63) is 30.3 Å². The first-order valence-electron chi connectivity index (χ1n) is 2.41.